The lowest BCUT2D eigenvalue weighted by atomic mass is 9.72. The van der Waals surface area contributed by atoms with Gasteiger partial charge in [0, 0.05) is 7.11 Å². The molecule has 0 saturated heterocycles. The van der Waals surface area contributed by atoms with Gasteiger partial charge in [-0.2, -0.15) is 0 Å². The van der Waals surface area contributed by atoms with Gasteiger partial charge in [0.05, 0.1) is 11.6 Å². The fourth-order valence-electron chi connectivity index (χ4n) is 3.86. The van der Waals surface area contributed by atoms with E-state index in [0.29, 0.717) is 0 Å². The molecule has 1 fully saturated rings. The minimum absolute atomic E-state index is 0.0618. The molecule has 0 aliphatic heterocycles. The van der Waals surface area contributed by atoms with Crippen molar-refractivity contribution in [1.82, 2.24) is 5.32 Å². The number of benzene rings is 1. The van der Waals surface area contributed by atoms with Crippen LogP contribution in [-0.4, -0.2) is 19.8 Å². The number of likely N-dealkylation sites (N-methyl/N-ethyl adjacent to an activating group) is 1. The highest BCUT2D eigenvalue weighted by Crippen LogP contribution is 2.43. The first-order valence-electron chi connectivity index (χ1n) is 8.23. The first-order chi connectivity index (χ1) is 9.93. The van der Waals surface area contributed by atoms with Crippen LogP contribution in [0.2, 0.25) is 0 Å². The van der Waals surface area contributed by atoms with E-state index in [0.717, 1.165) is 18.8 Å². The van der Waals surface area contributed by atoms with Gasteiger partial charge in [-0.3, -0.25) is 0 Å². The Morgan fingerprint density at radius 2 is 1.67 bits per heavy atom. The summed E-state index contributed by atoms with van der Waals surface area (Å²) >= 11 is 0. The molecule has 0 radical (unpaired) electrons. The fraction of sp³-hybridized carbons (Fsp3) is 0.684. The minimum atomic E-state index is -0.0618. The van der Waals surface area contributed by atoms with Crippen LogP contribution in [0.3, 0.4) is 0 Å². The summed E-state index contributed by atoms with van der Waals surface area (Å²) in [7, 11) is 3.95. The van der Waals surface area contributed by atoms with Gasteiger partial charge < -0.3 is 10.1 Å². The Labute approximate surface area is 130 Å². The molecule has 0 spiro atoms. The zero-order valence-corrected chi connectivity index (χ0v) is 14.5. The van der Waals surface area contributed by atoms with E-state index in [4.69, 9.17) is 4.74 Å². The molecule has 2 nitrogen and oxygen atoms in total. The van der Waals surface area contributed by atoms with Crippen LogP contribution in [0.15, 0.2) is 12.1 Å². The van der Waals surface area contributed by atoms with Crippen molar-refractivity contribution >= 4 is 0 Å². The predicted octanol–water partition coefficient (Wildman–Crippen LogP) is 4.47. The summed E-state index contributed by atoms with van der Waals surface area (Å²) in [6, 6.07) is 4.93. The predicted molar refractivity (Wildman–Crippen MR) is 89.8 cm³/mol. The summed E-state index contributed by atoms with van der Waals surface area (Å²) in [5.41, 5.74) is 5.44. The van der Waals surface area contributed by atoms with Crippen LogP contribution in [0.25, 0.3) is 0 Å². The maximum absolute atomic E-state index is 6.10. The minimum Gasteiger partial charge on any atom is -0.376 e. The van der Waals surface area contributed by atoms with E-state index in [1.165, 1.54) is 35.1 Å². The van der Waals surface area contributed by atoms with Crippen LogP contribution in [0.1, 0.15) is 60.9 Å². The van der Waals surface area contributed by atoms with Gasteiger partial charge in [0.15, 0.2) is 0 Å². The van der Waals surface area contributed by atoms with Gasteiger partial charge in [-0.15, -0.1) is 0 Å². The van der Waals surface area contributed by atoms with Crippen molar-refractivity contribution in [2.45, 2.75) is 65.0 Å². The zero-order chi connectivity index (χ0) is 15.6. The second kappa shape index (κ2) is 6.50. The van der Waals surface area contributed by atoms with E-state index < -0.39 is 0 Å². The molecule has 2 heteroatoms. The lowest BCUT2D eigenvalue weighted by Crippen LogP contribution is -2.47. The van der Waals surface area contributed by atoms with E-state index in [9.17, 15) is 0 Å². The highest BCUT2D eigenvalue weighted by molar-refractivity contribution is 5.39. The molecule has 1 aromatic rings. The third-order valence-corrected chi connectivity index (χ3v) is 5.54. The summed E-state index contributed by atoms with van der Waals surface area (Å²) in [5.74, 6) is 0.826. The topological polar surface area (TPSA) is 21.3 Å². The third-order valence-electron chi connectivity index (χ3n) is 5.54. The Hall–Kier alpha value is -0.860. The largest absolute Gasteiger partial charge is 0.376 e. The molecular weight excluding hydrogens is 258 g/mol. The molecule has 0 heterocycles. The molecular formula is C19H31NO. The van der Waals surface area contributed by atoms with Gasteiger partial charge in [0.25, 0.3) is 0 Å². The van der Waals surface area contributed by atoms with Gasteiger partial charge in [0.2, 0.25) is 0 Å². The maximum Gasteiger partial charge on any atom is 0.0872 e. The monoisotopic (exact) mass is 289 g/mol. The Balaban J connectivity index is 2.40. The quantitative estimate of drug-likeness (QED) is 0.883. The first-order valence-corrected chi connectivity index (χ1v) is 8.23. The zero-order valence-electron chi connectivity index (χ0n) is 14.5. The molecule has 0 amide bonds. The summed E-state index contributed by atoms with van der Waals surface area (Å²) < 4.78 is 6.10. The van der Waals surface area contributed by atoms with Crippen LogP contribution in [-0.2, 0) is 4.74 Å². The lowest BCUT2D eigenvalue weighted by Gasteiger charge is -2.44. The standard InChI is InChI=1S/C19H31NO/c1-13-7-9-19(21-6,10-8-13)18(20-5)17-12-15(3)14(2)11-16(17)4/h11-13,18,20H,7-10H2,1-6H3. The smallest absolute Gasteiger partial charge is 0.0872 e. The molecule has 1 unspecified atom stereocenters. The number of hydrogen-bond donors (Lipinski definition) is 1. The number of methoxy groups -OCH3 is 1. The van der Waals surface area contributed by atoms with Crippen molar-refractivity contribution < 1.29 is 4.74 Å². The molecule has 1 aliphatic carbocycles. The second-order valence-corrected chi connectivity index (χ2v) is 6.97. The number of aryl methyl sites for hydroxylation is 3. The van der Waals surface area contributed by atoms with Crippen LogP contribution < -0.4 is 5.32 Å². The highest BCUT2D eigenvalue weighted by Gasteiger charge is 2.42. The van der Waals surface area contributed by atoms with Crippen molar-refractivity contribution in [2.24, 2.45) is 5.92 Å². The van der Waals surface area contributed by atoms with Crippen molar-refractivity contribution in [1.29, 1.82) is 0 Å². The third kappa shape index (κ3) is 3.17. The van der Waals surface area contributed by atoms with Crippen LogP contribution in [0.5, 0.6) is 0 Å². The van der Waals surface area contributed by atoms with E-state index in [2.05, 4.69) is 52.2 Å². The average Bonchev–Trinajstić information content (AvgIpc) is 2.47. The molecule has 0 aromatic heterocycles. The van der Waals surface area contributed by atoms with Crippen molar-refractivity contribution in [2.75, 3.05) is 14.2 Å². The van der Waals surface area contributed by atoms with Gasteiger partial charge >= 0.3 is 0 Å². The lowest BCUT2D eigenvalue weighted by molar-refractivity contribution is -0.0746. The normalized spacial score (nSPS) is 27.6. The maximum atomic E-state index is 6.10. The molecule has 1 aromatic carbocycles. The Morgan fingerprint density at radius 1 is 1.10 bits per heavy atom. The Kier molecular flexibility index (Phi) is 5.11. The van der Waals surface area contributed by atoms with Gasteiger partial charge in [-0.1, -0.05) is 19.1 Å². The summed E-state index contributed by atoms with van der Waals surface area (Å²) in [5, 5.41) is 3.56. The molecule has 1 N–H and O–H groups in total. The summed E-state index contributed by atoms with van der Waals surface area (Å²) in [6.07, 6.45) is 4.80. The molecule has 21 heavy (non-hydrogen) atoms. The van der Waals surface area contributed by atoms with E-state index in [1.807, 2.05) is 7.11 Å². The van der Waals surface area contributed by atoms with Gasteiger partial charge in [-0.25, -0.2) is 0 Å². The van der Waals surface area contributed by atoms with Crippen LogP contribution in [0.4, 0.5) is 0 Å². The fourth-order valence-corrected chi connectivity index (χ4v) is 3.86. The van der Waals surface area contributed by atoms with Crippen LogP contribution in [0, 0.1) is 26.7 Å². The number of rotatable bonds is 4. The Morgan fingerprint density at radius 3 is 2.19 bits per heavy atom. The molecule has 2 rings (SSSR count). The molecule has 1 atom stereocenters. The average molecular weight is 289 g/mol. The van der Waals surface area contributed by atoms with Crippen molar-refractivity contribution in [3.8, 4) is 0 Å². The van der Waals surface area contributed by atoms with Gasteiger partial charge in [-0.05, 0) is 81.7 Å². The molecule has 118 valence electrons. The summed E-state index contributed by atoms with van der Waals surface area (Å²) in [4.78, 5) is 0. The van der Waals surface area contributed by atoms with Crippen molar-refractivity contribution in [3.05, 3.63) is 34.4 Å². The summed E-state index contributed by atoms with van der Waals surface area (Å²) in [6.45, 7) is 8.97. The highest BCUT2D eigenvalue weighted by atomic mass is 16.5. The van der Waals surface area contributed by atoms with Gasteiger partial charge in [0.1, 0.15) is 0 Å². The van der Waals surface area contributed by atoms with E-state index >= 15 is 0 Å². The molecule has 0 bridgehead atoms. The number of nitrogens with one attached hydrogen (secondary N) is 1. The molecule has 1 aliphatic rings. The second-order valence-electron chi connectivity index (χ2n) is 6.97. The van der Waals surface area contributed by atoms with E-state index in [1.54, 1.807) is 0 Å². The first kappa shape index (κ1) is 16.5. The Bertz CT molecular complexity index is 487. The van der Waals surface area contributed by atoms with E-state index in [-0.39, 0.29) is 11.6 Å². The number of hydrogen-bond acceptors (Lipinski definition) is 2. The molecule has 1 saturated carbocycles. The number of ether oxygens (including phenoxy) is 1. The SMILES string of the molecule is CNC(c1cc(C)c(C)cc1C)C1(OC)CCC(C)CC1. The van der Waals surface area contributed by atoms with Crippen LogP contribution >= 0.6 is 0 Å². The van der Waals surface area contributed by atoms with Crippen molar-refractivity contribution in [3.63, 3.8) is 0 Å².